The number of benzene rings is 1. The lowest BCUT2D eigenvalue weighted by atomic mass is 9.87. The first-order chi connectivity index (χ1) is 8.91. The van der Waals surface area contributed by atoms with E-state index in [2.05, 4.69) is 57.3 Å². The van der Waals surface area contributed by atoms with Crippen molar-refractivity contribution in [2.45, 2.75) is 45.3 Å². The summed E-state index contributed by atoms with van der Waals surface area (Å²) in [4.78, 5) is 0. The van der Waals surface area contributed by atoms with Gasteiger partial charge in [-0.05, 0) is 30.0 Å². The highest BCUT2D eigenvalue weighted by molar-refractivity contribution is 5.47. The largest absolute Gasteiger partial charge is 0.396 e. The Bertz CT molecular complexity index is 408. The maximum Gasteiger partial charge on any atom is 0.0752 e. The van der Waals surface area contributed by atoms with Gasteiger partial charge in [-0.15, -0.1) is 0 Å². The van der Waals surface area contributed by atoms with E-state index in [9.17, 15) is 5.11 Å². The SMILES string of the molecule is C[C@@H]1OC[C@@H](CO)[C@H]1Nc1ccc(C(C)(C)C)cc1. The second-order valence-electron chi connectivity index (χ2n) is 6.48. The fourth-order valence-electron chi connectivity index (χ4n) is 2.53. The molecule has 2 N–H and O–H groups in total. The van der Waals surface area contributed by atoms with Crippen molar-refractivity contribution >= 4 is 5.69 Å². The van der Waals surface area contributed by atoms with Crippen LogP contribution < -0.4 is 5.32 Å². The Morgan fingerprint density at radius 2 is 1.89 bits per heavy atom. The number of aliphatic hydroxyl groups excluding tert-OH is 1. The molecule has 3 atom stereocenters. The lowest BCUT2D eigenvalue weighted by molar-refractivity contribution is 0.111. The molecule has 19 heavy (non-hydrogen) atoms. The summed E-state index contributed by atoms with van der Waals surface area (Å²) in [5.41, 5.74) is 2.59. The molecule has 1 aromatic rings. The van der Waals surface area contributed by atoms with Gasteiger partial charge in [-0.1, -0.05) is 32.9 Å². The zero-order valence-electron chi connectivity index (χ0n) is 12.3. The Morgan fingerprint density at radius 1 is 1.26 bits per heavy atom. The van der Waals surface area contributed by atoms with E-state index in [0.29, 0.717) is 6.61 Å². The van der Waals surface area contributed by atoms with E-state index in [1.54, 1.807) is 0 Å². The first-order valence-corrected chi connectivity index (χ1v) is 7.01. The predicted molar refractivity (Wildman–Crippen MR) is 78.5 cm³/mol. The molecule has 1 fully saturated rings. The second-order valence-corrected chi connectivity index (χ2v) is 6.48. The highest BCUT2D eigenvalue weighted by Crippen LogP contribution is 2.26. The molecule has 0 amide bonds. The molecule has 0 saturated carbocycles. The van der Waals surface area contributed by atoms with Crippen LogP contribution in [0.5, 0.6) is 0 Å². The van der Waals surface area contributed by atoms with Gasteiger partial charge in [0.15, 0.2) is 0 Å². The average molecular weight is 263 g/mol. The third-order valence-corrected chi connectivity index (χ3v) is 3.91. The number of anilines is 1. The Balaban J connectivity index is 2.07. The van der Waals surface area contributed by atoms with Gasteiger partial charge in [0.1, 0.15) is 0 Å². The number of rotatable bonds is 3. The first kappa shape index (κ1) is 14.4. The minimum Gasteiger partial charge on any atom is -0.396 e. The van der Waals surface area contributed by atoms with Crippen LogP contribution >= 0.6 is 0 Å². The van der Waals surface area contributed by atoms with Crippen molar-refractivity contribution in [2.24, 2.45) is 5.92 Å². The molecule has 1 aliphatic rings. The minimum atomic E-state index is 0.138. The van der Waals surface area contributed by atoms with E-state index in [-0.39, 0.29) is 30.1 Å². The lowest BCUT2D eigenvalue weighted by Crippen LogP contribution is -2.34. The third kappa shape index (κ3) is 3.28. The van der Waals surface area contributed by atoms with Gasteiger partial charge in [0.2, 0.25) is 0 Å². The monoisotopic (exact) mass is 263 g/mol. The highest BCUT2D eigenvalue weighted by atomic mass is 16.5. The number of hydrogen-bond donors (Lipinski definition) is 2. The second kappa shape index (κ2) is 5.51. The summed E-state index contributed by atoms with van der Waals surface area (Å²) in [7, 11) is 0. The number of ether oxygens (including phenoxy) is 1. The molecule has 1 saturated heterocycles. The molecule has 0 unspecified atom stereocenters. The summed E-state index contributed by atoms with van der Waals surface area (Å²) < 4.78 is 5.60. The van der Waals surface area contributed by atoms with Gasteiger partial charge in [0.05, 0.1) is 25.4 Å². The van der Waals surface area contributed by atoms with Crippen LogP contribution in [0.2, 0.25) is 0 Å². The van der Waals surface area contributed by atoms with Crippen LogP contribution in [0.4, 0.5) is 5.69 Å². The Hall–Kier alpha value is -1.06. The van der Waals surface area contributed by atoms with Crippen LogP contribution in [-0.4, -0.2) is 30.5 Å². The van der Waals surface area contributed by atoms with Crippen molar-refractivity contribution in [1.82, 2.24) is 0 Å². The van der Waals surface area contributed by atoms with Crippen molar-refractivity contribution in [1.29, 1.82) is 0 Å². The maximum absolute atomic E-state index is 9.36. The smallest absolute Gasteiger partial charge is 0.0752 e. The first-order valence-electron chi connectivity index (χ1n) is 7.01. The van der Waals surface area contributed by atoms with Crippen molar-refractivity contribution in [3.63, 3.8) is 0 Å². The topological polar surface area (TPSA) is 41.5 Å². The Labute approximate surface area is 116 Å². The molecule has 2 rings (SSSR count). The molecule has 1 aliphatic heterocycles. The molecular weight excluding hydrogens is 238 g/mol. The molecule has 1 aromatic carbocycles. The molecule has 0 spiro atoms. The van der Waals surface area contributed by atoms with Gasteiger partial charge in [-0.3, -0.25) is 0 Å². The fourth-order valence-corrected chi connectivity index (χ4v) is 2.53. The van der Waals surface area contributed by atoms with Crippen LogP contribution in [0.15, 0.2) is 24.3 Å². The molecule has 1 heterocycles. The van der Waals surface area contributed by atoms with Gasteiger partial charge < -0.3 is 15.2 Å². The normalized spacial score (nSPS) is 27.5. The van der Waals surface area contributed by atoms with Gasteiger partial charge in [0.25, 0.3) is 0 Å². The standard InChI is InChI=1S/C16H25NO2/c1-11-15(12(9-18)10-19-11)17-14-7-5-13(6-8-14)16(2,3)4/h5-8,11-12,15,17-18H,9-10H2,1-4H3/t11-,12+,15-/m0/s1. The maximum atomic E-state index is 9.36. The van der Waals surface area contributed by atoms with E-state index >= 15 is 0 Å². The summed E-state index contributed by atoms with van der Waals surface area (Å²) in [6.07, 6.45) is 0.138. The Morgan fingerprint density at radius 3 is 2.42 bits per heavy atom. The zero-order valence-corrected chi connectivity index (χ0v) is 12.3. The molecular formula is C16H25NO2. The molecule has 3 heteroatoms. The van der Waals surface area contributed by atoms with Gasteiger partial charge in [-0.2, -0.15) is 0 Å². The number of hydrogen-bond acceptors (Lipinski definition) is 3. The molecule has 3 nitrogen and oxygen atoms in total. The molecule has 0 aromatic heterocycles. The van der Waals surface area contributed by atoms with E-state index < -0.39 is 0 Å². The predicted octanol–water partition coefficient (Wildman–Crippen LogP) is 2.79. The minimum absolute atomic E-state index is 0.138. The van der Waals surface area contributed by atoms with E-state index in [0.717, 1.165) is 5.69 Å². The lowest BCUT2D eigenvalue weighted by Gasteiger charge is -2.23. The number of aliphatic hydroxyl groups is 1. The van der Waals surface area contributed by atoms with Crippen molar-refractivity contribution < 1.29 is 9.84 Å². The van der Waals surface area contributed by atoms with Crippen LogP contribution in [0.1, 0.15) is 33.3 Å². The van der Waals surface area contributed by atoms with Crippen molar-refractivity contribution in [2.75, 3.05) is 18.5 Å². The number of nitrogens with one attached hydrogen (secondary N) is 1. The summed E-state index contributed by atoms with van der Waals surface area (Å²) in [6.45, 7) is 9.49. The quantitative estimate of drug-likeness (QED) is 0.881. The van der Waals surface area contributed by atoms with Crippen LogP contribution in [0, 0.1) is 5.92 Å². The highest BCUT2D eigenvalue weighted by Gasteiger charge is 2.33. The van der Waals surface area contributed by atoms with Gasteiger partial charge in [-0.25, -0.2) is 0 Å². The van der Waals surface area contributed by atoms with Gasteiger partial charge in [0, 0.05) is 11.6 Å². The third-order valence-electron chi connectivity index (χ3n) is 3.91. The molecule has 106 valence electrons. The van der Waals surface area contributed by atoms with Crippen LogP contribution in [0.3, 0.4) is 0 Å². The van der Waals surface area contributed by atoms with Crippen LogP contribution in [-0.2, 0) is 10.2 Å². The molecule has 0 radical (unpaired) electrons. The van der Waals surface area contributed by atoms with Crippen molar-refractivity contribution in [3.05, 3.63) is 29.8 Å². The van der Waals surface area contributed by atoms with Crippen molar-refractivity contribution in [3.8, 4) is 0 Å². The van der Waals surface area contributed by atoms with E-state index in [4.69, 9.17) is 4.74 Å². The molecule has 0 bridgehead atoms. The fraction of sp³-hybridized carbons (Fsp3) is 0.625. The zero-order chi connectivity index (χ0) is 14.0. The Kier molecular flexibility index (Phi) is 4.16. The molecule has 0 aliphatic carbocycles. The van der Waals surface area contributed by atoms with Crippen LogP contribution in [0.25, 0.3) is 0 Å². The average Bonchev–Trinajstić information content (AvgIpc) is 2.70. The van der Waals surface area contributed by atoms with E-state index in [1.165, 1.54) is 5.56 Å². The van der Waals surface area contributed by atoms with E-state index in [1.807, 2.05) is 0 Å². The summed E-state index contributed by atoms with van der Waals surface area (Å²) in [5, 5.41) is 12.8. The summed E-state index contributed by atoms with van der Waals surface area (Å²) in [6, 6.07) is 8.73. The van der Waals surface area contributed by atoms with Gasteiger partial charge >= 0.3 is 0 Å². The summed E-state index contributed by atoms with van der Waals surface area (Å²) >= 11 is 0. The summed E-state index contributed by atoms with van der Waals surface area (Å²) in [5.74, 6) is 0.178.